The molecule has 1 atom stereocenters. The molecule has 1 unspecified atom stereocenters. The molecule has 3 radical (unpaired) electrons. The first-order chi connectivity index (χ1) is 9.20. The summed E-state index contributed by atoms with van der Waals surface area (Å²) in [6.45, 7) is 6.87. The molecule has 1 aromatic rings. The molecule has 0 aliphatic rings. The number of unbranched alkanes of at least 4 members (excludes halogenated alkanes) is 2. The van der Waals surface area contributed by atoms with Crippen molar-refractivity contribution in [3.8, 4) is 0 Å². The number of hydrogen-bond acceptors (Lipinski definition) is 1. The first-order valence-electron chi connectivity index (χ1n) is 7.59. The third kappa shape index (κ3) is 4.78. The summed E-state index contributed by atoms with van der Waals surface area (Å²) in [6.07, 6.45) is 7.38. The van der Waals surface area contributed by atoms with Crippen LogP contribution in [0.25, 0.3) is 0 Å². The van der Waals surface area contributed by atoms with E-state index in [1.165, 1.54) is 67.0 Å². The van der Waals surface area contributed by atoms with Gasteiger partial charge in [-0.1, -0.05) is 0 Å². The molecule has 105 valence electrons. The molecule has 0 heterocycles. The summed E-state index contributed by atoms with van der Waals surface area (Å²) in [5.41, 5.74) is 1.46. The van der Waals surface area contributed by atoms with E-state index in [1.54, 1.807) is 0 Å². The average Bonchev–Trinajstić information content (AvgIpc) is 2.48. The third-order valence-corrected chi connectivity index (χ3v) is 5.36. The van der Waals surface area contributed by atoms with Gasteiger partial charge >= 0.3 is 133 Å². The van der Waals surface area contributed by atoms with Crippen molar-refractivity contribution in [1.82, 2.24) is 0 Å². The third-order valence-electron chi connectivity index (χ3n) is 4.20. The van der Waals surface area contributed by atoms with E-state index < -0.39 is 0 Å². The topological polar surface area (TPSA) is 9.23 Å². The van der Waals surface area contributed by atoms with E-state index in [1.807, 2.05) is 0 Å². The zero-order valence-corrected chi connectivity index (χ0v) is 15.5. The molecule has 0 bridgehead atoms. The van der Waals surface area contributed by atoms with Gasteiger partial charge in [0.2, 0.25) is 0 Å². The fourth-order valence-electron chi connectivity index (χ4n) is 2.75. The molecule has 0 aliphatic carbocycles. The molecule has 0 aliphatic heterocycles. The van der Waals surface area contributed by atoms with Crippen molar-refractivity contribution in [2.45, 2.75) is 70.8 Å². The number of benzene rings is 1. The van der Waals surface area contributed by atoms with E-state index in [4.69, 9.17) is 3.07 Å². The van der Waals surface area contributed by atoms with Crippen LogP contribution in [0.3, 0.4) is 0 Å². The molecule has 0 aromatic heterocycles. The second-order valence-electron chi connectivity index (χ2n) is 5.51. The summed E-state index contributed by atoms with van der Waals surface area (Å²) >= 11 is 1.20. The van der Waals surface area contributed by atoms with Crippen LogP contribution >= 0.6 is 0 Å². The van der Waals surface area contributed by atoms with Crippen molar-refractivity contribution < 1.29 is 3.07 Å². The van der Waals surface area contributed by atoms with Gasteiger partial charge in [0.1, 0.15) is 0 Å². The summed E-state index contributed by atoms with van der Waals surface area (Å²) < 4.78 is 6.15. The Morgan fingerprint density at radius 2 is 1.58 bits per heavy atom. The van der Waals surface area contributed by atoms with E-state index in [9.17, 15) is 0 Å². The van der Waals surface area contributed by atoms with Crippen LogP contribution in [0.15, 0.2) is 30.3 Å². The summed E-state index contributed by atoms with van der Waals surface area (Å²) in [6, 6.07) is 10.9. The van der Waals surface area contributed by atoms with E-state index >= 15 is 0 Å². The van der Waals surface area contributed by atoms with Crippen LogP contribution in [-0.4, -0.2) is 28.5 Å². The zero-order chi connectivity index (χ0) is 14.1. The molecular weight excluding hydrogens is 339 g/mol. The molecule has 0 saturated carbocycles. The minimum atomic E-state index is 0.0473. The molecule has 0 saturated heterocycles. The molecule has 1 aromatic carbocycles. The van der Waals surface area contributed by atoms with Crippen molar-refractivity contribution in [2.75, 3.05) is 0 Å². The summed E-state index contributed by atoms with van der Waals surface area (Å²) in [4.78, 5) is 0. The first kappa shape index (κ1) is 17.0. The van der Waals surface area contributed by atoms with Crippen molar-refractivity contribution in [1.29, 1.82) is 0 Å². The quantitative estimate of drug-likeness (QED) is 0.559. The normalized spacial score (nSPS) is 13.5. The van der Waals surface area contributed by atoms with Gasteiger partial charge in [-0.15, -0.1) is 0 Å². The molecule has 0 N–H and O–H groups in total. The Kier molecular flexibility index (Phi) is 8.08. The molecule has 19 heavy (non-hydrogen) atoms. The van der Waals surface area contributed by atoms with Gasteiger partial charge in [-0.05, 0) is 0 Å². The predicted molar refractivity (Wildman–Crippen MR) is 83.5 cm³/mol. The average molecular weight is 366 g/mol. The fraction of sp³-hybridized carbons (Fsp3) is 0.647. The SMILES string of the molecule is CCCCC(CCCC)([O][Sn])C(C)c1ccccc1. The second-order valence-corrected chi connectivity index (χ2v) is 6.09. The Hall–Kier alpha value is -0.0213. The molecule has 1 nitrogen and oxygen atoms in total. The number of rotatable bonds is 9. The predicted octanol–water partition coefficient (Wildman–Crippen LogP) is 5.01. The van der Waals surface area contributed by atoms with Gasteiger partial charge in [-0.2, -0.15) is 0 Å². The van der Waals surface area contributed by atoms with Gasteiger partial charge in [0.25, 0.3) is 0 Å². The van der Waals surface area contributed by atoms with E-state index in [2.05, 4.69) is 51.1 Å². The van der Waals surface area contributed by atoms with Gasteiger partial charge in [-0.3, -0.25) is 0 Å². The van der Waals surface area contributed by atoms with E-state index in [0.29, 0.717) is 5.92 Å². The number of hydrogen-bond donors (Lipinski definition) is 0. The van der Waals surface area contributed by atoms with Gasteiger partial charge in [0.05, 0.1) is 0 Å². The van der Waals surface area contributed by atoms with Crippen LogP contribution in [0.4, 0.5) is 0 Å². The van der Waals surface area contributed by atoms with Crippen molar-refractivity contribution in [3.63, 3.8) is 0 Å². The standard InChI is InChI=1S/C17H27O.Sn/c1-4-6-13-17(18,14-7-5-2)15(3)16-11-9-8-10-12-16;/h8-12,15H,4-7,13-14H2,1-3H3;/q-1;+1. The summed E-state index contributed by atoms with van der Waals surface area (Å²) in [5, 5.41) is 0. The second kappa shape index (κ2) is 9.01. The monoisotopic (exact) mass is 367 g/mol. The summed E-state index contributed by atoms with van der Waals surface area (Å²) in [7, 11) is 0. The van der Waals surface area contributed by atoms with Gasteiger partial charge < -0.3 is 0 Å². The van der Waals surface area contributed by atoms with Crippen LogP contribution in [0.5, 0.6) is 0 Å². The Bertz CT molecular complexity index is 328. The maximum absolute atomic E-state index is 6.15. The van der Waals surface area contributed by atoms with Gasteiger partial charge in [0.15, 0.2) is 0 Å². The van der Waals surface area contributed by atoms with E-state index in [0.717, 1.165) is 0 Å². The van der Waals surface area contributed by atoms with Crippen molar-refractivity contribution >= 4 is 22.9 Å². The molecular formula is C17H27OSn. The van der Waals surface area contributed by atoms with Crippen LogP contribution < -0.4 is 0 Å². The first-order valence-corrected chi connectivity index (χ1v) is 8.76. The zero-order valence-electron chi connectivity index (χ0n) is 12.6. The van der Waals surface area contributed by atoms with Crippen LogP contribution in [0, 0.1) is 0 Å². The minimum absolute atomic E-state index is 0.0473. The maximum atomic E-state index is 6.15. The fourth-order valence-corrected chi connectivity index (χ4v) is 3.83. The van der Waals surface area contributed by atoms with Crippen molar-refractivity contribution in [2.24, 2.45) is 0 Å². The Morgan fingerprint density at radius 3 is 2.00 bits per heavy atom. The molecule has 0 spiro atoms. The molecule has 0 amide bonds. The summed E-state index contributed by atoms with van der Waals surface area (Å²) in [5.74, 6) is 0.478. The molecule has 1 rings (SSSR count). The Balaban J connectivity index is 2.92. The molecule has 0 fully saturated rings. The van der Waals surface area contributed by atoms with Crippen molar-refractivity contribution in [3.05, 3.63) is 35.9 Å². The van der Waals surface area contributed by atoms with E-state index in [-0.39, 0.29) is 5.60 Å². The van der Waals surface area contributed by atoms with Gasteiger partial charge in [0, 0.05) is 0 Å². The van der Waals surface area contributed by atoms with Crippen LogP contribution in [0.2, 0.25) is 0 Å². The van der Waals surface area contributed by atoms with Gasteiger partial charge in [-0.25, -0.2) is 0 Å². The molecule has 2 heteroatoms. The van der Waals surface area contributed by atoms with Crippen LogP contribution in [-0.2, 0) is 3.07 Å². The van der Waals surface area contributed by atoms with Crippen LogP contribution in [0.1, 0.15) is 70.8 Å². The Labute approximate surface area is 132 Å². The Morgan fingerprint density at radius 1 is 1.05 bits per heavy atom.